The Morgan fingerprint density at radius 2 is 2.09 bits per heavy atom. The number of benzene rings is 2. The van der Waals surface area contributed by atoms with E-state index in [9.17, 15) is 18.0 Å². The van der Waals surface area contributed by atoms with Gasteiger partial charge in [-0.15, -0.1) is 0 Å². The van der Waals surface area contributed by atoms with Crippen molar-refractivity contribution < 1.29 is 27.5 Å². The molecular weight excluding hydrogens is 434 g/mol. The zero-order valence-corrected chi connectivity index (χ0v) is 18.7. The fourth-order valence-electron chi connectivity index (χ4n) is 4.06. The summed E-state index contributed by atoms with van der Waals surface area (Å²) in [4.78, 5) is 24.5. The maximum Gasteiger partial charge on any atom is 0.262 e. The Balaban J connectivity index is 1.55. The number of nitrogens with one attached hydrogen (secondary N) is 2. The van der Waals surface area contributed by atoms with E-state index in [4.69, 9.17) is 9.47 Å². The minimum absolute atomic E-state index is 0.0665. The first-order valence-electron chi connectivity index (χ1n) is 10.3. The van der Waals surface area contributed by atoms with E-state index in [1.54, 1.807) is 26.2 Å². The minimum Gasteiger partial charge on any atom is -0.496 e. The summed E-state index contributed by atoms with van der Waals surface area (Å²) in [5.74, 6) is 0.306. The molecule has 0 saturated carbocycles. The second kappa shape index (κ2) is 8.79. The van der Waals surface area contributed by atoms with E-state index in [2.05, 4.69) is 10.6 Å². The van der Waals surface area contributed by atoms with Gasteiger partial charge in [-0.3, -0.25) is 9.59 Å². The second-order valence-corrected chi connectivity index (χ2v) is 9.61. The van der Waals surface area contributed by atoms with E-state index in [1.165, 1.54) is 10.4 Å². The van der Waals surface area contributed by atoms with Crippen LogP contribution in [0, 0.1) is 6.92 Å². The predicted octanol–water partition coefficient (Wildman–Crippen LogP) is 1.80. The first-order chi connectivity index (χ1) is 15.3. The number of para-hydroxylation sites is 1. The van der Waals surface area contributed by atoms with Crippen molar-refractivity contribution in [2.24, 2.45) is 0 Å². The average molecular weight is 460 g/mol. The molecule has 1 fully saturated rings. The van der Waals surface area contributed by atoms with Crippen LogP contribution >= 0.6 is 0 Å². The van der Waals surface area contributed by atoms with Gasteiger partial charge >= 0.3 is 0 Å². The quantitative estimate of drug-likeness (QED) is 0.681. The van der Waals surface area contributed by atoms with Gasteiger partial charge in [-0.2, -0.15) is 4.31 Å². The van der Waals surface area contributed by atoms with Gasteiger partial charge in [0.25, 0.3) is 5.91 Å². The summed E-state index contributed by atoms with van der Waals surface area (Å²) in [6.45, 7) is 1.97. The predicted molar refractivity (Wildman–Crippen MR) is 117 cm³/mol. The smallest absolute Gasteiger partial charge is 0.262 e. The van der Waals surface area contributed by atoms with Gasteiger partial charge in [-0.1, -0.05) is 18.2 Å². The van der Waals surface area contributed by atoms with Gasteiger partial charge in [-0.05, 0) is 37.5 Å². The fraction of sp³-hybridized carbons (Fsp3) is 0.364. The third kappa shape index (κ3) is 4.15. The molecule has 9 nitrogen and oxygen atoms in total. The Kier molecular flexibility index (Phi) is 6.07. The number of aryl methyl sites for hydroxylation is 1. The minimum atomic E-state index is -3.95. The highest BCUT2D eigenvalue weighted by Crippen LogP contribution is 2.36. The maximum atomic E-state index is 13.5. The summed E-state index contributed by atoms with van der Waals surface area (Å²) in [5.41, 5.74) is 1.71. The fourth-order valence-corrected chi connectivity index (χ4v) is 5.94. The van der Waals surface area contributed by atoms with Crippen molar-refractivity contribution in [1.29, 1.82) is 0 Å². The highest BCUT2D eigenvalue weighted by atomic mass is 32.2. The maximum absolute atomic E-state index is 13.5. The van der Waals surface area contributed by atoms with Crippen LogP contribution < -0.4 is 20.1 Å². The third-order valence-corrected chi connectivity index (χ3v) is 7.70. The van der Waals surface area contributed by atoms with Crippen LogP contribution in [-0.4, -0.2) is 50.8 Å². The molecule has 0 aliphatic carbocycles. The van der Waals surface area contributed by atoms with E-state index in [1.807, 2.05) is 18.2 Å². The molecule has 0 aromatic heterocycles. The summed E-state index contributed by atoms with van der Waals surface area (Å²) in [5, 5.41) is 5.51. The number of carbonyl (C=O) groups is 2. The Labute approximate surface area is 186 Å². The highest BCUT2D eigenvalue weighted by Gasteiger charge is 2.40. The van der Waals surface area contributed by atoms with Gasteiger partial charge < -0.3 is 20.1 Å². The molecule has 2 aliphatic heterocycles. The number of nitrogens with zero attached hydrogens (tertiary/aromatic N) is 1. The lowest BCUT2D eigenvalue weighted by atomic mass is 10.2. The SMILES string of the molecule is COc1ccccc1CNC(=O)[C@H]1CCCN1S(=O)(=O)c1cc2c(cc1C)NC(=O)CO2. The topological polar surface area (TPSA) is 114 Å². The average Bonchev–Trinajstić information content (AvgIpc) is 3.28. The highest BCUT2D eigenvalue weighted by molar-refractivity contribution is 7.89. The van der Waals surface area contributed by atoms with Crippen LogP contribution in [0.5, 0.6) is 11.5 Å². The standard InChI is InChI=1S/C22H25N3O6S/c1-14-10-16-19(31-13-21(26)24-16)11-20(14)32(28,29)25-9-5-7-17(25)22(27)23-12-15-6-3-4-8-18(15)30-2/h3-4,6,8,10-11,17H,5,7,9,12-13H2,1-2H3,(H,23,27)(H,24,26)/t17-/m1/s1. The monoisotopic (exact) mass is 459 g/mol. The summed E-state index contributed by atoms with van der Waals surface area (Å²) in [7, 11) is -2.39. The van der Waals surface area contributed by atoms with Crippen molar-refractivity contribution in [1.82, 2.24) is 9.62 Å². The molecule has 2 amide bonds. The summed E-state index contributed by atoms with van der Waals surface area (Å²) in [6.07, 6.45) is 1.02. The van der Waals surface area contributed by atoms with Crippen LogP contribution in [0.3, 0.4) is 0 Å². The summed E-state index contributed by atoms with van der Waals surface area (Å²) >= 11 is 0. The Bertz CT molecular complexity index is 1160. The van der Waals surface area contributed by atoms with Crippen molar-refractivity contribution in [3.05, 3.63) is 47.5 Å². The molecular formula is C22H25N3O6S. The molecule has 32 heavy (non-hydrogen) atoms. The van der Waals surface area contributed by atoms with E-state index >= 15 is 0 Å². The normalized spacial score (nSPS) is 18.4. The Hall–Kier alpha value is -3.11. The van der Waals surface area contributed by atoms with Crippen LogP contribution in [-0.2, 0) is 26.2 Å². The zero-order chi connectivity index (χ0) is 22.9. The number of hydrogen-bond donors (Lipinski definition) is 2. The number of amides is 2. The molecule has 2 aromatic carbocycles. The number of sulfonamides is 1. The van der Waals surface area contributed by atoms with Crippen molar-refractivity contribution in [2.45, 2.75) is 37.2 Å². The molecule has 0 radical (unpaired) electrons. The lowest BCUT2D eigenvalue weighted by Gasteiger charge is -2.26. The van der Waals surface area contributed by atoms with E-state index in [-0.39, 0.29) is 36.4 Å². The molecule has 170 valence electrons. The third-order valence-electron chi connectivity index (χ3n) is 5.65. The molecule has 2 aromatic rings. The molecule has 2 aliphatic rings. The molecule has 10 heteroatoms. The van der Waals surface area contributed by atoms with Crippen molar-refractivity contribution >= 4 is 27.5 Å². The molecule has 4 rings (SSSR count). The van der Waals surface area contributed by atoms with Gasteiger partial charge in [0.15, 0.2) is 6.61 Å². The Morgan fingerprint density at radius 3 is 2.88 bits per heavy atom. The van der Waals surface area contributed by atoms with Gasteiger partial charge in [0.05, 0.1) is 17.7 Å². The molecule has 0 bridgehead atoms. The molecule has 1 atom stereocenters. The van der Waals surface area contributed by atoms with Crippen LogP contribution in [0.2, 0.25) is 0 Å². The number of fused-ring (bicyclic) bond motifs is 1. The first kappa shape index (κ1) is 22.1. The second-order valence-electron chi connectivity index (χ2n) is 7.75. The van der Waals surface area contributed by atoms with Crippen LogP contribution in [0.1, 0.15) is 24.0 Å². The van der Waals surface area contributed by atoms with Gasteiger partial charge in [0.2, 0.25) is 15.9 Å². The molecule has 0 spiro atoms. The lowest BCUT2D eigenvalue weighted by Crippen LogP contribution is -2.45. The number of ether oxygens (including phenoxy) is 2. The lowest BCUT2D eigenvalue weighted by molar-refractivity contribution is -0.124. The Morgan fingerprint density at radius 1 is 1.31 bits per heavy atom. The molecule has 2 heterocycles. The van der Waals surface area contributed by atoms with Crippen molar-refractivity contribution in [3.63, 3.8) is 0 Å². The first-order valence-corrected chi connectivity index (χ1v) is 11.7. The molecule has 1 saturated heterocycles. The van der Waals surface area contributed by atoms with Gasteiger partial charge in [-0.25, -0.2) is 8.42 Å². The molecule has 0 unspecified atom stereocenters. The van der Waals surface area contributed by atoms with Crippen LogP contribution in [0.15, 0.2) is 41.3 Å². The number of methoxy groups -OCH3 is 1. The van der Waals surface area contributed by atoms with E-state index in [0.29, 0.717) is 35.6 Å². The van der Waals surface area contributed by atoms with Crippen molar-refractivity contribution in [2.75, 3.05) is 25.6 Å². The number of rotatable bonds is 6. The van der Waals surface area contributed by atoms with Gasteiger partial charge in [0.1, 0.15) is 17.5 Å². The number of anilines is 1. The number of hydrogen-bond acceptors (Lipinski definition) is 6. The summed E-state index contributed by atoms with van der Waals surface area (Å²) in [6, 6.07) is 9.53. The zero-order valence-electron chi connectivity index (χ0n) is 17.9. The van der Waals surface area contributed by atoms with Crippen LogP contribution in [0.25, 0.3) is 0 Å². The van der Waals surface area contributed by atoms with Crippen molar-refractivity contribution in [3.8, 4) is 11.5 Å². The van der Waals surface area contributed by atoms with E-state index < -0.39 is 16.1 Å². The van der Waals surface area contributed by atoms with Gasteiger partial charge in [0, 0.05) is 24.7 Å². The summed E-state index contributed by atoms with van der Waals surface area (Å²) < 4.78 is 38.9. The largest absolute Gasteiger partial charge is 0.496 e. The number of carbonyl (C=O) groups excluding carboxylic acids is 2. The molecule has 2 N–H and O–H groups in total. The van der Waals surface area contributed by atoms with Crippen LogP contribution in [0.4, 0.5) is 5.69 Å². The van der Waals surface area contributed by atoms with E-state index in [0.717, 1.165) is 5.56 Å².